The molecule has 3 fully saturated rings. The maximum absolute atomic E-state index is 12.7. The number of hydrogen-bond donors (Lipinski definition) is 3. The van der Waals surface area contributed by atoms with E-state index in [4.69, 9.17) is 5.73 Å². The van der Waals surface area contributed by atoms with E-state index in [0.29, 0.717) is 5.92 Å². The SMILES string of the molecule is CN1C(=O)C(CNCC2CC2)(CC2CCCCC2)NC1N. The summed E-state index contributed by atoms with van der Waals surface area (Å²) in [6, 6.07) is 0. The van der Waals surface area contributed by atoms with Crippen molar-refractivity contribution in [3.05, 3.63) is 0 Å². The second kappa shape index (κ2) is 6.23. The summed E-state index contributed by atoms with van der Waals surface area (Å²) in [5.41, 5.74) is 5.58. The quantitative estimate of drug-likeness (QED) is 0.683. The predicted octanol–water partition coefficient (Wildman–Crippen LogP) is 0.999. The van der Waals surface area contributed by atoms with Gasteiger partial charge in [0.2, 0.25) is 5.91 Å². The minimum absolute atomic E-state index is 0.170. The van der Waals surface area contributed by atoms with E-state index in [-0.39, 0.29) is 12.2 Å². The molecule has 0 spiro atoms. The summed E-state index contributed by atoms with van der Waals surface area (Å²) in [7, 11) is 1.81. The van der Waals surface area contributed by atoms with Crippen LogP contribution in [-0.4, -0.2) is 42.8 Å². The molecule has 0 bridgehead atoms. The Morgan fingerprint density at radius 3 is 2.52 bits per heavy atom. The molecule has 1 amide bonds. The Bertz CT molecular complexity index is 378. The van der Waals surface area contributed by atoms with Crippen LogP contribution in [0.4, 0.5) is 0 Å². The second-order valence-electron chi connectivity index (χ2n) is 7.37. The van der Waals surface area contributed by atoms with Gasteiger partial charge < -0.3 is 10.2 Å². The lowest BCUT2D eigenvalue weighted by Gasteiger charge is -2.33. The van der Waals surface area contributed by atoms with Crippen LogP contribution in [0, 0.1) is 11.8 Å². The number of nitrogens with zero attached hydrogens (tertiary/aromatic N) is 1. The number of rotatable bonds is 6. The number of likely N-dealkylation sites (N-methyl/N-ethyl adjacent to an activating group) is 1. The molecule has 0 radical (unpaired) electrons. The van der Waals surface area contributed by atoms with E-state index in [1.54, 1.807) is 4.90 Å². The first kappa shape index (κ1) is 15.3. The Balaban J connectivity index is 1.65. The summed E-state index contributed by atoms with van der Waals surface area (Å²) >= 11 is 0. The molecule has 2 saturated carbocycles. The van der Waals surface area contributed by atoms with Gasteiger partial charge in [0.25, 0.3) is 0 Å². The van der Waals surface area contributed by atoms with Gasteiger partial charge in [-0.3, -0.25) is 15.8 Å². The van der Waals surface area contributed by atoms with Crippen molar-refractivity contribution >= 4 is 5.91 Å². The largest absolute Gasteiger partial charge is 0.316 e. The third-order valence-corrected chi connectivity index (χ3v) is 5.49. The van der Waals surface area contributed by atoms with Crippen LogP contribution < -0.4 is 16.4 Å². The number of nitrogens with two attached hydrogens (primary N) is 1. The van der Waals surface area contributed by atoms with Gasteiger partial charge in [-0.2, -0.15) is 0 Å². The van der Waals surface area contributed by atoms with Crippen LogP contribution in [0.3, 0.4) is 0 Å². The molecular weight excluding hydrogens is 264 g/mol. The fourth-order valence-corrected chi connectivity index (χ4v) is 3.95. The highest BCUT2D eigenvalue weighted by atomic mass is 16.2. The first-order chi connectivity index (χ1) is 10.1. The summed E-state index contributed by atoms with van der Waals surface area (Å²) in [6.07, 6.45) is 9.76. The average Bonchev–Trinajstić information content (AvgIpc) is 3.27. The van der Waals surface area contributed by atoms with E-state index in [1.807, 2.05) is 7.05 Å². The standard InChI is InChI=1S/C16H30N4O/c1-20-14(21)16(19-15(20)17,11-18-10-13-7-8-13)9-12-5-3-2-4-6-12/h12-13,15,18-19H,2-11,17H2,1H3. The zero-order chi connectivity index (χ0) is 14.9. The van der Waals surface area contributed by atoms with Crippen LogP contribution in [0.5, 0.6) is 0 Å². The molecule has 3 rings (SSSR count). The molecule has 21 heavy (non-hydrogen) atoms. The molecule has 0 aromatic rings. The molecule has 5 heteroatoms. The van der Waals surface area contributed by atoms with E-state index in [9.17, 15) is 4.79 Å². The first-order valence-corrected chi connectivity index (χ1v) is 8.62. The van der Waals surface area contributed by atoms with Gasteiger partial charge in [0.05, 0.1) is 0 Å². The summed E-state index contributed by atoms with van der Waals surface area (Å²) in [6.45, 7) is 1.76. The van der Waals surface area contributed by atoms with Crippen molar-refractivity contribution < 1.29 is 4.79 Å². The van der Waals surface area contributed by atoms with Gasteiger partial charge in [-0.25, -0.2) is 0 Å². The first-order valence-electron chi connectivity index (χ1n) is 8.62. The molecule has 2 atom stereocenters. The number of hydrogen-bond acceptors (Lipinski definition) is 4. The van der Waals surface area contributed by atoms with Crippen LogP contribution in [0.1, 0.15) is 51.4 Å². The van der Waals surface area contributed by atoms with Crippen LogP contribution in [-0.2, 0) is 4.79 Å². The number of carbonyl (C=O) groups excluding carboxylic acids is 1. The fraction of sp³-hybridized carbons (Fsp3) is 0.938. The van der Waals surface area contributed by atoms with Gasteiger partial charge in [-0.1, -0.05) is 32.1 Å². The van der Waals surface area contributed by atoms with E-state index in [1.165, 1.54) is 44.9 Å². The van der Waals surface area contributed by atoms with Gasteiger partial charge in [0.15, 0.2) is 0 Å². The number of amides is 1. The molecule has 3 aliphatic rings. The number of nitrogens with one attached hydrogen (secondary N) is 2. The molecule has 4 N–H and O–H groups in total. The summed E-state index contributed by atoms with van der Waals surface area (Å²) in [5, 5.41) is 6.93. The van der Waals surface area contributed by atoms with Gasteiger partial charge in [0, 0.05) is 13.6 Å². The van der Waals surface area contributed by atoms with Gasteiger partial charge in [-0.15, -0.1) is 0 Å². The molecule has 0 aromatic heterocycles. The van der Waals surface area contributed by atoms with Crippen LogP contribution in [0.25, 0.3) is 0 Å². The van der Waals surface area contributed by atoms with Crippen molar-refractivity contribution in [3.8, 4) is 0 Å². The Hall–Kier alpha value is -0.650. The van der Waals surface area contributed by atoms with Crippen molar-refractivity contribution in [2.75, 3.05) is 20.1 Å². The molecule has 2 aliphatic carbocycles. The highest BCUT2D eigenvalue weighted by Crippen LogP contribution is 2.34. The van der Waals surface area contributed by atoms with E-state index in [2.05, 4.69) is 10.6 Å². The molecule has 0 aromatic carbocycles. The van der Waals surface area contributed by atoms with E-state index >= 15 is 0 Å². The third-order valence-electron chi connectivity index (χ3n) is 5.49. The minimum Gasteiger partial charge on any atom is -0.316 e. The van der Waals surface area contributed by atoms with Crippen molar-refractivity contribution in [3.63, 3.8) is 0 Å². The van der Waals surface area contributed by atoms with Gasteiger partial charge in [0.1, 0.15) is 11.8 Å². The average molecular weight is 294 g/mol. The van der Waals surface area contributed by atoms with Crippen molar-refractivity contribution in [1.29, 1.82) is 0 Å². The summed E-state index contributed by atoms with van der Waals surface area (Å²) < 4.78 is 0. The lowest BCUT2D eigenvalue weighted by Crippen LogP contribution is -2.57. The monoisotopic (exact) mass is 294 g/mol. The van der Waals surface area contributed by atoms with Crippen molar-refractivity contribution in [1.82, 2.24) is 15.5 Å². The zero-order valence-electron chi connectivity index (χ0n) is 13.2. The maximum Gasteiger partial charge on any atom is 0.246 e. The Morgan fingerprint density at radius 2 is 1.95 bits per heavy atom. The lowest BCUT2D eigenvalue weighted by atomic mass is 9.79. The fourth-order valence-electron chi connectivity index (χ4n) is 3.95. The molecular formula is C16H30N4O. The molecule has 1 aliphatic heterocycles. The van der Waals surface area contributed by atoms with Crippen molar-refractivity contribution in [2.24, 2.45) is 17.6 Å². The highest BCUT2D eigenvalue weighted by molar-refractivity contribution is 5.89. The number of carbonyl (C=O) groups is 1. The van der Waals surface area contributed by atoms with Gasteiger partial charge in [-0.05, 0) is 37.6 Å². The second-order valence-corrected chi connectivity index (χ2v) is 7.37. The lowest BCUT2D eigenvalue weighted by molar-refractivity contribution is -0.132. The summed E-state index contributed by atoms with van der Waals surface area (Å²) in [5.74, 6) is 1.67. The van der Waals surface area contributed by atoms with E-state index < -0.39 is 5.54 Å². The highest BCUT2D eigenvalue weighted by Gasteiger charge is 2.49. The van der Waals surface area contributed by atoms with Crippen molar-refractivity contribution in [2.45, 2.75) is 63.2 Å². The predicted molar refractivity (Wildman–Crippen MR) is 83.4 cm³/mol. The summed E-state index contributed by atoms with van der Waals surface area (Å²) in [4.78, 5) is 14.4. The molecule has 5 nitrogen and oxygen atoms in total. The Labute approximate surface area is 128 Å². The molecule has 120 valence electrons. The molecule has 1 saturated heterocycles. The maximum atomic E-state index is 12.7. The third kappa shape index (κ3) is 3.41. The van der Waals surface area contributed by atoms with Crippen LogP contribution in [0.2, 0.25) is 0 Å². The molecule has 1 heterocycles. The smallest absolute Gasteiger partial charge is 0.246 e. The van der Waals surface area contributed by atoms with Crippen LogP contribution >= 0.6 is 0 Å². The Kier molecular flexibility index (Phi) is 4.52. The topological polar surface area (TPSA) is 70.4 Å². The Morgan fingerprint density at radius 1 is 1.24 bits per heavy atom. The minimum atomic E-state index is -0.481. The van der Waals surface area contributed by atoms with Crippen LogP contribution in [0.15, 0.2) is 0 Å². The van der Waals surface area contributed by atoms with Gasteiger partial charge >= 0.3 is 0 Å². The van der Waals surface area contributed by atoms with E-state index in [0.717, 1.165) is 25.4 Å². The molecule has 2 unspecified atom stereocenters. The normalized spacial score (nSPS) is 34.7. The zero-order valence-corrected chi connectivity index (χ0v) is 13.2.